The molecule has 4 nitrogen and oxygen atoms in total. The minimum Gasteiger partial charge on any atom is -0.358 e. The summed E-state index contributed by atoms with van der Waals surface area (Å²) >= 11 is 5.92. The van der Waals surface area contributed by atoms with Crippen molar-refractivity contribution in [2.24, 2.45) is 0 Å². The maximum absolute atomic E-state index is 5.92. The molecule has 1 saturated carbocycles. The molecule has 0 unspecified atom stereocenters. The Bertz CT molecular complexity index is 409. The Morgan fingerprint density at radius 2 is 1.94 bits per heavy atom. The Labute approximate surface area is 114 Å². The van der Waals surface area contributed by atoms with Crippen LogP contribution in [0, 0.1) is 6.92 Å². The third-order valence-electron chi connectivity index (χ3n) is 3.97. The number of rotatable bonds is 4. The second-order valence-corrected chi connectivity index (χ2v) is 5.80. The summed E-state index contributed by atoms with van der Waals surface area (Å²) in [5.41, 5.74) is 1.20. The molecule has 1 heterocycles. The lowest BCUT2D eigenvalue weighted by Crippen LogP contribution is -2.56. The largest absolute Gasteiger partial charge is 0.358 e. The zero-order chi connectivity index (χ0) is 13.3. The Balaban J connectivity index is 2.14. The number of hydrogen-bond acceptors (Lipinski definition) is 4. The summed E-state index contributed by atoms with van der Waals surface area (Å²) < 4.78 is 0. The predicted molar refractivity (Wildman–Crippen MR) is 75.3 cm³/mol. The fourth-order valence-electron chi connectivity index (χ4n) is 2.57. The van der Waals surface area contributed by atoms with Crippen molar-refractivity contribution in [3.8, 4) is 0 Å². The quantitative estimate of drug-likeness (QED) is 0.785. The summed E-state index contributed by atoms with van der Waals surface area (Å²) in [4.78, 5) is 12.9. The molecule has 18 heavy (non-hydrogen) atoms. The molecule has 1 fully saturated rings. The first-order valence-electron chi connectivity index (χ1n) is 6.33. The molecule has 0 radical (unpaired) electrons. The average Bonchev–Trinajstić information content (AvgIpc) is 2.21. The number of hydrogen-bond donors (Lipinski definition) is 0. The smallest absolute Gasteiger partial charge is 0.224 e. The molecule has 0 saturated heterocycles. The highest BCUT2D eigenvalue weighted by Gasteiger charge is 2.40. The van der Waals surface area contributed by atoms with Gasteiger partial charge in [0.1, 0.15) is 5.82 Å². The molecule has 0 bridgehead atoms. The number of likely N-dealkylation sites (N-methyl/N-ethyl adjacent to an activating group) is 2. The zero-order valence-corrected chi connectivity index (χ0v) is 12.3. The standard InChI is InChI=1S/C13H21ClN4/c1-10-8-11(16-12(14)15-10)18(4)9-13(17(2)3)6-5-7-13/h8H,5-7,9H2,1-4H3. The number of halogens is 1. The second-order valence-electron chi connectivity index (χ2n) is 5.46. The SMILES string of the molecule is Cc1cc(N(C)CC2(N(C)C)CCC2)nc(Cl)n1. The molecule has 1 aliphatic rings. The van der Waals surface area contributed by atoms with E-state index in [-0.39, 0.29) is 0 Å². The number of nitrogens with zero attached hydrogens (tertiary/aromatic N) is 4. The zero-order valence-electron chi connectivity index (χ0n) is 11.6. The van der Waals surface area contributed by atoms with Crippen molar-refractivity contribution in [1.29, 1.82) is 0 Å². The van der Waals surface area contributed by atoms with E-state index in [2.05, 4.69) is 40.9 Å². The van der Waals surface area contributed by atoms with Gasteiger partial charge in [-0.2, -0.15) is 0 Å². The minimum absolute atomic E-state index is 0.292. The van der Waals surface area contributed by atoms with Gasteiger partial charge in [-0.1, -0.05) is 0 Å². The van der Waals surface area contributed by atoms with Gasteiger partial charge < -0.3 is 9.80 Å². The van der Waals surface area contributed by atoms with Crippen LogP contribution in [0.2, 0.25) is 5.28 Å². The second kappa shape index (κ2) is 5.02. The Kier molecular flexibility index (Phi) is 3.78. The van der Waals surface area contributed by atoms with Crippen molar-refractivity contribution in [2.45, 2.75) is 31.7 Å². The topological polar surface area (TPSA) is 32.3 Å². The maximum Gasteiger partial charge on any atom is 0.224 e. The van der Waals surface area contributed by atoms with Crippen molar-refractivity contribution in [3.05, 3.63) is 17.0 Å². The number of aromatic nitrogens is 2. The van der Waals surface area contributed by atoms with E-state index in [1.54, 1.807) is 0 Å². The van der Waals surface area contributed by atoms with E-state index in [1.165, 1.54) is 19.3 Å². The molecule has 1 aromatic rings. The van der Waals surface area contributed by atoms with Gasteiger partial charge >= 0.3 is 0 Å². The van der Waals surface area contributed by atoms with Gasteiger partial charge in [0.25, 0.3) is 0 Å². The molecular formula is C13H21ClN4. The monoisotopic (exact) mass is 268 g/mol. The van der Waals surface area contributed by atoms with Crippen molar-refractivity contribution >= 4 is 17.4 Å². The molecule has 0 aliphatic heterocycles. The summed E-state index contributed by atoms with van der Waals surface area (Å²) in [6.07, 6.45) is 3.82. The highest BCUT2D eigenvalue weighted by atomic mass is 35.5. The molecule has 0 aromatic carbocycles. The summed E-state index contributed by atoms with van der Waals surface area (Å²) in [7, 11) is 6.39. The Morgan fingerprint density at radius 1 is 1.28 bits per heavy atom. The lowest BCUT2D eigenvalue weighted by atomic mass is 9.75. The molecule has 0 atom stereocenters. The molecule has 100 valence electrons. The maximum atomic E-state index is 5.92. The van der Waals surface area contributed by atoms with Gasteiger partial charge in [0, 0.05) is 30.9 Å². The van der Waals surface area contributed by atoms with Gasteiger partial charge in [0.05, 0.1) is 0 Å². The third-order valence-corrected chi connectivity index (χ3v) is 4.14. The summed E-state index contributed by atoms with van der Waals surface area (Å²) in [6, 6.07) is 1.98. The molecule has 5 heteroatoms. The van der Waals surface area contributed by atoms with Gasteiger partial charge in [-0.3, -0.25) is 0 Å². The lowest BCUT2D eigenvalue weighted by Gasteiger charge is -2.49. The number of anilines is 1. The van der Waals surface area contributed by atoms with Crippen LogP contribution in [0.1, 0.15) is 25.0 Å². The van der Waals surface area contributed by atoms with Gasteiger partial charge in [0.15, 0.2) is 0 Å². The highest BCUT2D eigenvalue weighted by Crippen LogP contribution is 2.37. The first-order valence-corrected chi connectivity index (χ1v) is 6.70. The molecule has 1 aliphatic carbocycles. The Morgan fingerprint density at radius 3 is 2.39 bits per heavy atom. The van der Waals surface area contributed by atoms with Crippen molar-refractivity contribution in [2.75, 3.05) is 32.6 Å². The van der Waals surface area contributed by atoms with Crippen molar-refractivity contribution in [1.82, 2.24) is 14.9 Å². The minimum atomic E-state index is 0.292. The molecule has 0 N–H and O–H groups in total. The fourth-order valence-corrected chi connectivity index (χ4v) is 2.79. The molecule has 0 amide bonds. The van der Waals surface area contributed by atoms with E-state index in [0.29, 0.717) is 10.8 Å². The Hall–Kier alpha value is -0.870. The van der Waals surface area contributed by atoms with E-state index in [4.69, 9.17) is 11.6 Å². The van der Waals surface area contributed by atoms with Crippen molar-refractivity contribution in [3.63, 3.8) is 0 Å². The van der Waals surface area contributed by atoms with Crippen LogP contribution >= 0.6 is 11.6 Å². The summed E-state index contributed by atoms with van der Waals surface area (Å²) in [6.45, 7) is 2.92. The predicted octanol–water partition coefficient (Wildman–Crippen LogP) is 2.36. The lowest BCUT2D eigenvalue weighted by molar-refractivity contribution is 0.0682. The molecule has 1 aromatic heterocycles. The van der Waals surface area contributed by atoms with Crippen LogP contribution in [0.15, 0.2) is 6.07 Å². The van der Waals surface area contributed by atoms with Crippen molar-refractivity contribution < 1.29 is 0 Å². The van der Waals surface area contributed by atoms with Gasteiger partial charge in [-0.05, 0) is 51.9 Å². The molecular weight excluding hydrogens is 248 g/mol. The van der Waals surface area contributed by atoms with Crippen LogP contribution in [0.25, 0.3) is 0 Å². The van der Waals surface area contributed by atoms with Gasteiger partial charge in [-0.15, -0.1) is 0 Å². The van der Waals surface area contributed by atoms with Gasteiger partial charge in [-0.25, -0.2) is 9.97 Å². The average molecular weight is 269 g/mol. The van der Waals surface area contributed by atoms with Crippen LogP contribution in [0.4, 0.5) is 5.82 Å². The van der Waals surface area contributed by atoms with E-state index < -0.39 is 0 Å². The third kappa shape index (κ3) is 2.59. The summed E-state index contributed by atoms with van der Waals surface area (Å²) in [5.74, 6) is 0.903. The van der Waals surface area contributed by atoms with E-state index >= 15 is 0 Å². The highest BCUT2D eigenvalue weighted by molar-refractivity contribution is 6.28. The summed E-state index contributed by atoms with van der Waals surface area (Å²) in [5, 5.41) is 0.323. The first-order chi connectivity index (χ1) is 8.43. The first kappa shape index (κ1) is 13.6. The van der Waals surface area contributed by atoms with Crippen LogP contribution in [0.5, 0.6) is 0 Å². The fraction of sp³-hybridized carbons (Fsp3) is 0.692. The van der Waals surface area contributed by atoms with Crippen LogP contribution in [0.3, 0.4) is 0 Å². The van der Waals surface area contributed by atoms with Crippen LogP contribution in [-0.4, -0.2) is 48.1 Å². The molecule has 2 rings (SSSR count). The van der Waals surface area contributed by atoms with E-state index in [0.717, 1.165) is 18.1 Å². The van der Waals surface area contributed by atoms with E-state index in [9.17, 15) is 0 Å². The van der Waals surface area contributed by atoms with Crippen LogP contribution in [-0.2, 0) is 0 Å². The van der Waals surface area contributed by atoms with Gasteiger partial charge in [0.2, 0.25) is 5.28 Å². The van der Waals surface area contributed by atoms with Crippen LogP contribution < -0.4 is 4.90 Å². The van der Waals surface area contributed by atoms with E-state index in [1.807, 2.05) is 13.0 Å². The molecule has 0 spiro atoms. The number of aryl methyl sites for hydroxylation is 1. The normalized spacial score (nSPS) is 17.7.